The SMILES string of the molecule is C=CCOC(=O)C(=Cc1ccc([N+](=O)[O-])o1)C(=O)OCC=C. The fourth-order valence-corrected chi connectivity index (χ4v) is 1.29. The van der Waals surface area contributed by atoms with Crippen molar-refractivity contribution in [2.75, 3.05) is 13.2 Å². The lowest BCUT2D eigenvalue weighted by atomic mass is 10.2. The molecule has 0 radical (unpaired) electrons. The molecule has 0 fully saturated rings. The summed E-state index contributed by atoms with van der Waals surface area (Å²) >= 11 is 0. The van der Waals surface area contributed by atoms with E-state index >= 15 is 0 Å². The Hall–Kier alpha value is -3.16. The molecule has 0 aromatic carbocycles. The van der Waals surface area contributed by atoms with Crippen LogP contribution in [0.3, 0.4) is 0 Å². The van der Waals surface area contributed by atoms with Crippen LogP contribution in [0.2, 0.25) is 0 Å². The van der Waals surface area contributed by atoms with Crippen LogP contribution in [-0.4, -0.2) is 30.1 Å². The summed E-state index contributed by atoms with van der Waals surface area (Å²) in [6.45, 7) is 6.53. The van der Waals surface area contributed by atoms with Crippen LogP contribution in [0.15, 0.2) is 47.4 Å². The molecule has 22 heavy (non-hydrogen) atoms. The van der Waals surface area contributed by atoms with Crippen molar-refractivity contribution in [3.05, 3.63) is 58.9 Å². The Labute approximate surface area is 125 Å². The second-order valence-electron chi connectivity index (χ2n) is 3.77. The molecular weight excluding hydrogens is 294 g/mol. The number of nitro groups is 1. The topological polar surface area (TPSA) is 109 Å². The molecule has 0 atom stereocenters. The van der Waals surface area contributed by atoms with Gasteiger partial charge in [-0.15, -0.1) is 0 Å². The minimum Gasteiger partial charge on any atom is -0.458 e. The first-order valence-electron chi connectivity index (χ1n) is 6.01. The number of rotatable bonds is 8. The fraction of sp³-hybridized carbons (Fsp3) is 0.143. The molecule has 8 nitrogen and oxygen atoms in total. The molecule has 0 unspecified atom stereocenters. The van der Waals surface area contributed by atoms with Gasteiger partial charge < -0.3 is 13.9 Å². The third-order valence-electron chi connectivity index (χ3n) is 2.18. The summed E-state index contributed by atoms with van der Waals surface area (Å²) in [6, 6.07) is 2.33. The molecule has 0 aliphatic rings. The van der Waals surface area contributed by atoms with E-state index in [1.54, 1.807) is 0 Å². The summed E-state index contributed by atoms with van der Waals surface area (Å²) < 4.78 is 14.4. The van der Waals surface area contributed by atoms with E-state index in [4.69, 9.17) is 13.9 Å². The highest BCUT2D eigenvalue weighted by atomic mass is 16.6. The first-order valence-corrected chi connectivity index (χ1v) is 6.01. The maximum atomic E-state index is 11.8. The summed E-state index contributed by atoms with van der Waals surface area (Å²) in [5, 5.41) is 10.5. The Balaban J connectivity index is 3.05. The number of furan rings is 1. The summed E-state index contributed by atoms with van der Waals surface area (Å²) in [5.41, 5.74) is -0.465. The van der Waals surface area contributed by atoms with Crippen molar-refractivity contribution >= 4 is 23.9 Å². The average molecular weight is 307 g/mol. The van der Waals surface area contributed by atoms with Crippen LogP contribution in [0.5, 0.6) is 0 Å². The van der Waals surface area contributed by atoms with E-state index in [0.29, 0.717) is 0 Å². The van der Waals surface area contributed by atoms with Gasteiger partial charge in [-0.25, -0.2) is 9.59 Å². The van der Waals surface area contributed by atoms with Gasteiger partial charge in [0.25, 0.3) is 0 Å². The van der Waals surface area contributed by atoms with Gasteiger partial charge in [0.1, 0.15) is 29.5 Å². The highest BCUT2D eigenvalue weighted by Crippen LogP contribution is 2.19. The zero-order valence-electron chi connectivity index (χ0n) is 11.5. The summed E-state index contributed by atoms with van der Waals surface area (Å²) in [5.74, 6) is -2.52. The average Bonchev–Trinajstić information content (AvgIpc) is 2.96. The fourth-order valence-electron chi connectivity index (χ4n) is 1.29. The Bertz CT molecular complexity index is 601. The maximum absolute atomic E-state index is 11.8. The molecule has 1 heterocycles. The van der Waals surface area contributed by atoms with Crippen molar-refractivity contribution in [3.8, 4) is 0 Å². The van der Waals surface area contributed by atoms with E-state index in [-0.39, 0.29) is 19.0 Å². The molecule has 1 rings (SSSR count). The van der Waals surface area contributed by atoms with Crippen molar-refractivity contribution < 1.29 is 28.4 Å². The number of ether oxygens (including phenoxy) is 2. The van der Waals surface area contributed by atoms with Gasteiger partial charge in [-0.2, -0.15) is 0 Å². The van der Waals surface area contributed by atoms with Crippen molar-refractivity contribution in [1.82, 2.24) is 0 Å². The Morgan fingerprint density at radius 2 is 1.73 bits per heavy atom. The van der Waals surface area contributed by atoms with Gasteiger partial charge in [0.2, 0.25) is 0 Å². The number of nitrogens with zero attached hydrogens (tertiary/aromatic N) is 1. The summed E-state index contributed by atoms with van der Waals surface area (Å²) in [4.78, 5) is 33.4. The van der Waals surface area contributed by atoms with E-state index in [1.165, 1.54) is 18.2 Å². The molecule has 0 bridgehead atoms. The molecule has 1 aromatic heterocycles. The number of esters is 2. The number of carbonyl (C=O) groups is 2. The van der Waals surface area contributed by atoms with Gasteiger partial charge in [-0.3, -0.25) is 10.1 Å². The summed E-state index contributed by atoms with van der Waals surface area (Å²) in [7, 11) is 0. The van der Waals surface area contributed by atoms with Gasteiger partial charge >= 0.3 is 17.8 Å². The molecule has 0 spiro atoms. The van der Waals surface area contributed by atoms with E-state index in [9.17, 15) is 19.7 Å². The van der Waals surface area contributed by atoms with Gasteiger partial charge in [0.15, 0.2) is 0 Å². The third kappa shape index (κ3) is 4.75. The molecule has 0 saturated carbocycles. The van der Waals surface area contributed by atoms with E-state index in [1.807, 2.05) is 0 Å². The second kappa shape index (κ2) is 8.20. The normalized spacial score (nSPS) is 9.45. The molecule has 116 valence electrons. The highest BCUT2D eigenvalue weighted by Gasteiger charge is 2.22. The van der Waals surface area contributed by atoms with Crippen LogP contribution in [0.4, 0.5) is 5.88 Å². The molecule has 0 N–H and O–H groups in total. The van der Waals surface area contributed by atoms with E-state index < -0.39 is 28.3 Å². The standard InChI is InChI=1S/C14H13NO7/c1-3-7-20-13(16)11(14(17)21-8-4-2)9-10-5-6-12(22-10)15(18)19/h3-6,9H,1-2,7-8H2. The second-order valence-corrected chi connectivity index (χ2v) is 3.77. The van der Waals surface area contributed by atoms with Gasteiger partial charge in [0, 0.05) is 6.08 Å². The molecule has 0 aliphatic carbocycles. The first kappa shape index (κ1) is 16.9. The molecule has 1 aromatic rings. The first-order chi connectivity index (χ1) is 10.5. The minimum atomic E-state index is -0.965. The Morgan fingerprint density at radius 3 is 2.14 bits per heavy atom. The number of carbonyl (C=O) groups excluding carboxylic acids is 2. The highest BCUT2D eigenvalue weighted by molar-refractivity contribution is 6.17. The van der Waals surface area contributed by atoms with Crippen LogP contribution in [0.25, 0.3) is 6.08 Å². The quantitative estimate of drug-likeness (QED) is 0.137. The van der Waals surface area contributed by atoms with Gasteiger partial charge in [-0.1, -0.05) is 25.3 Å². The lowest BCUT2D eigenvalue weighted by molar-refractivity contribution is -0.402. The molecule has 8 heteroatoms. The van der Waals surface area contributed by atoms with Crippen LogP contribution < -0.4 is 0 Å². The minimum absolute atomic E-state index is 0.0622. The van der Waals surface area contributed by atoms with Crippen LogP contribution in [-0.2, 0) is 19.1 Å². The third-order valence-corrected chi connectivity index (χ3v) is 2.18. The van der Waals surface area contributed by atoms with Crippen LogP contribution in [0, 0.1) is 10.1 Å². The molecule has 0 amide bonds. The predicted molar refractivity (Wildman–Crippen MR) is 75.7 cm³/mol. The largest absolute Gasteiger partial charge is 0.458 e. The van der Waals surface area contributed by atoms with Crippen molar-refractivity contribution in [3.63, 3.8) is 0 Å². The number of hydrogen-bond acceptors (Lipinski definition) is 7. The summed E-state index contributed by atoms with van der Waals surface area (Å²) in [6.07, 6.45) is 3.65. The molecule has 0 saturated heterocycles. The van der Waals surface area contributed by atoms with E-state index in [0.717, 1.165) is 12.1 Å². The zero-order chi connectivity index (χ0) is 16.5. The van der Waals surface area contributed by atoms with Gasteiger partial charge in [-0.05, 0) is 6.07 Å². The van der Waals surface area contributed by atoms with Crippen molar-refractivity contribution in [1.29, 1.82) is 0 Å². The maximum Gasteiger partial charge on any atom is 0.433 e. The van der Waals surface area contributed by atoms with Crippen LogP contribution in [0.1, 0.15) is 5.76 Å². The monoisotopic (exact) mass is 307 g/mol. The van der Waals surface area contributed by atoms with Crippen LogP contribution >= 0.6 is 0 Å². The lowest BCUT2D eigenvalue weighted by Gasteiger charge is -2.06. The van der Waals surface area contributed by atoms with Gasteiger partial charge in [0.05, 0.1) is 6.07 Å². The van der Waals surface area contributed by atoms with E-state index in [2.05, 4.69) is 13.2 Å². The molecule has 0 aliphatic heterocycles. The van der Waals surface area contributed by atoms with Crippen molar-refractivity contribution in [2.24, 2.45) is 0 Å². The van der Waals surface area contributed by atoms with Crippen molar-refractivity contribution in [2.45, 2.75) is 0 Å². The Morgan fingerprint density at radius 1 is 1.18 bits per heavy atom. The Kier molecular flexibility index (Phi) is 6.30. The zero-order valence-corrected chi connectivity index (χ0v) is 11.5. The lowest BCUT2D eigenvalue weighted by Crippen LogP contribution is -2.18. The smallest absolute Gasteiger partial charge is 0.433 e. The predicted octanol–water partition coefficient (Wildman–Crippen LogP) is 2.03. The number of hydrogen-bond donors (Lipinski definition) is 0. The molecular formula is C14H13NO7.